The summed E-state index contributed by atoms with van der Waals surface area (Å²) in [6.07, 6.45) is 2.07. The summed E-state index contributed by atoms with van der Waals surface area (Å²) in [5.74, 6) is 0.438. The van der Waals surface area contributed by atoms with Crippen molar-refractivity contribution in [2.45, 2.75) is 32.7 Å². The van der Waals surface area contributed by atoms with Crippen molar-refractivity contribution in [3.05, 3.63) is 28.5 Å². The van der Waals surface area contributed by atoms with Gasteiger partial charge in [-0.1, -0.05) is 13.8 Å². The van der Waals surface area contributed by atoms with Crippen molar-refractivity contribution >= 4 is 15.9 Å². The van der Waals surface area contributed by atoms with Gasteiger partial charge in [-0.2, -0.15) is 0 Å². The van der Waals surface area contributed by atoms with Crippen molar-refractivity contribution in [1.82, 2.24) is 5.32 Å². The lowest BCUT2D eigenvalue weighted by atomic mass is 10.3. The van der Waals surface area contributed by atoms with E-state index in [1.165, 1.54) is 12.1 Å². The van der Waals surface area contributed by atoms with Crippen LogP contribution in [0.3, 0.4) is 0 Å². The van der Waals surface area contributed by atoms with Crippen LogP contribution < -0.4 is 10.1 Å². The van der Waals surface area contributed by atoms with Gasteiger partial charge in [0.2, 0.25) is 0 Å². The average Bonchev–Trinajstić information content (AvgIpc) is 2.25. The third kappa shape index (κ3) is 6.03. The molecule has 0 spiro atoms. The zero-order valence-corrected chi connectivity index (χ0v) is 11.9. The van der Waals surface area contributed by atoms with Gasteiger partial charge in [0.1, 0.15) is 11.6 Å². The molecule has 0 saturated heterocycles. The molecule has 1 N–H and O–H groups in total. The maximum atomic E-state index is 12.8. The molecule has 17 heavy (non-hydrogen) atoms. The first kappa shape index (κ1) is 14.5. The lowest BCUT2D eigenvalue weighted by molar-refractivity contribution is 0.303. The van der Waals surface area contributed by atoms with Crippen molar-refractivity contribution in [3.8, 4) is 5.75 Å². The molecule has 4 heteroatoms. The molecule has 0 aliphatic carbocycles. The fraction of sp³-hybridized carbons (Fsp3) is 0.538. The first-order valence-electron chi connectivity index (χ1n) is 5.91. The number of benzene rings is 1. The maximum absolute atomic E-state index is 12.8. The molecule has 0 aliphatic heterocycles. The molecule has 1 aromatic rings. The highest BCUT2D eigenvalue weighted by Crippen LogP contribution is 2.25. The van der Waals surface area contributed by atoms with Gasteiger partial charge < -0.3 is 10.1 Å². The van der Waals surface area contributed by atoms with E-state index in [0.29, 0.717) is 22.9 Å². The molecule has 0 bridgehead atoms. The molecule has 0 fully saturated rings. The van der Waals surface area contributed by atoms with Gasteiger partial charge in [-0.15, -0.1) is 0 Å². The maximum Gasteiger partial charge on any atom is 0.133 e. The monoisotopic (exact) mass is 303 g/mol. The summed E-state index contributed by atoms with van der Waals surface area (Å²) >= 11 is 3.27. The Morgan fingerprint density at radius 3 is 2.76 bits per heavy atom. The smallest absolute Gasteiger partial charge is 0.133 e. The summed E-state index contributed by atoms with van der Waals surface area (Å²) in [5.41, 5.74) is 0. The van der Waals surface area contributed by atoms with Crippen LogP contribution in [-0.2, 0) is 0 Å². The molecule has 0 aliphatic rings. The number of rotatable bonds is 7. The number of unbranched alkanes of at least 4 members (excludes halogenated alkanes) is 1. The SMILES string of the molecule is CC(C)NCCCCOc1ccc(F)cc1Br. The molecule has 0 aromatic heterocycles. The second-order valence-electron chi connectivity index (χ2n) is 4.24. The third-order valence-corrected chi connectivity index (χ3v) is 2.89. The minimum Gasteiger partial charge on any atom is -0.492 e. The lowest BCUT2D eigenvalue weighted by Gasteiger charge is -2.09. The average molecular weight is 304 g/mol. The standard InChI is InChI=1S/C13H19BrFNO/c1-10(2)16-7-3-4-8-17-13-6-5-11(15)9-12(13)14/h5-6,9-10,16H,3-4,7-8H2,1-2H3. The molecule has 0 amide bonds. The van der Waals surface area contributed by atoms with Crippen LogP contribution in [0.2, 0.25) is 0 Å². The fourth-order valence-electron chi connectivity index (χ4n) is 1.39. The summed E-state index contributed by atoms with van der Waals surface area (Å²) in [5, 5.41) is 3.35. The Hall–Kier alpha value is -0.610. The third-order valence-electron chi connectivity index (χ3n) is 2.28. The minimum atomic E-state index is -0.259. The van der Waals surface area contributed by atoms with E-state index < -0.39 is 0 Å². The number of hydrogen-bond donors (Lipinski definition) is 1. The zero-order chi connectivity index (χ0) is 12.7. The number of ether oxygens (including phenoxy) is 1. The van der Waals surface area contributed by atoms with Crippen molar-refractivity contribution in [1.29, 1.82) is 0 Å². The number of halogens is 2. The van der Waals surface area contributed by atoms with Crippen molar-refractivity contribution in [3.63, 3.8) is 0 Å². The highest BCUT2D eigenvalue weighted by atomic mass is 79.9. The van der Waals surface area contributed by atoms with Gasteiger partial charge in [-0.25, -0.2) is 4.39 Å². The normalized spacial score (nSPS) is 10.9. The Bertz CT molecular complexity index is 344. The molecular weight excluding hydrogens is 285 g/mol. The van der Waals surface area contributed by atoms with Gasteiger partial charge in [-0.05, 0) is 53.5 Å². The summed E-state index contributed by atoms with van der Waals surface area (Å²) < 4.78 is 19.0. The predicted octanol–water partition coefficient (Wildman–Crippen LogP) is 3.75. The molecule has 0 atom stereocenters. The van der Waals surface area contributed by atoms with E-state index in [1.54, 1.807) is 6.07 Å². The second-order valence-corrected chi connectivity index (χ2v) is 5.09. The van der Waals surface area contributed by atoms with Gasteiger partial charge in [0.05, 0.1) is 11.1 Å². The van der Waals surface area contributed by atoms with Gasteiger partial charge in [0.15, 0.2) is 0 Å². The molecule has 0 heterocycles. The van der Waals surface area contributed by atoms with E-state index in [4.69, 9.17) is 4.74 Å². The van der Waals surface area contributed by atoms with Crippen LogP contribution >= 0.6 is 15.9 Å². The van der Waals surface area contributed by atoms with E-state index in [-0.39, 0.29) is 5.82 Å². The summed E-state index contributed by atoms with van der Waals surface area (Å²) in [6.45, 7) is 5.92. The summed E-state index contributed by atoms with van der Waals surface area (Å²) in [4.78, 5) is 0. The van der Waals surface area contributed by atoms with Crippen LogP contribution in [0.25, 0.3) is 0 Å². The molecular formula is C13H19BrFNO. The van der Waals surface area contributed by atoms with Gasteiger partial charge in [0, 0.05) is 6.04 Å². The van der Waals surface area contributed by atoms with Crippen LogP contribution in [0, 0.1) is 5.82 Å². The Balaban J connectivity index is 2.18. The highest BCUT2D eigenvalue weighted by molar-refractivity contribution is 9.10. The molecule has 2 nitrogen and oxygen atoms in total. The Morgan fingerprint density at radius 1 is 1.35 bits per heavy atom. The van der Waals surface area contributed by atoms with Crippen LogP contribution in [0.15, 0.2) is 22.7 Å². The fourth-order valence-corrected chi connectivity index (χ4v) is 1.86. The van der Waals surface area contributed by atoms with Crippen molar-refractivity contribution < 1.29 is 9.13 Å². The van der Waals surface area contributed by atoms with Gasteiger partial charge in [-0.3, -0.25) is 0 Å². The van der Waals surface area contributed by atoms with Gasteiger partial charge >= 0.3 is 0 Å². The molecule has 0 saturated carbocycles. The Kier molecular flexibility index (Phi) is 6.52. The van der Waals surface area contributed by atoms with E-state index >= 15 is 0 Å². The van der Waals surface area contributed by atoms with E-state index in [2.05, 4.69) is 35.1 Å². The summed E-state index contributed by atoms with van der Waals surface area (Å²) in [6, 6.07) is 4.99. The lowest BCUT2D eigenvalue weighted by Crippen LogP contribution is -2.23. The zero-order valence-electron chi connectivity index (χ0n) is 10.3. The van der Waals surface area contributed by atoms with Crippen molar-refractivity contribution in [2.24, 2.45) is 0 Å². The topological polar surface area (TPSA) is 21.3 Å². The van der Waals surface area contributed by atoms with E-state index in [9.17, 15) is 4.39 Å². The van der Waals surface area contributed by atoms with Crippen LogP contribution in [0.1, 0.15) is 26.7 Å². The molecule has 0 unspecified atom stereocenters. The van der Waals surface area contributed by atoms with Gasteiger partial charge in [0.25, 0.3) is 0 Å². The van der Waals surface area contributed by atoms with Crippen LogP contribution in [0.5, 0.6) is 5.75 Å². The summed E-state index contributed by atoms with van der Waals surface area (Å²) in [7, 11) is 0. The number of hydrogen-bond acceptors (Lipinski definition) is 2. The van der Waals surface area contributed by atoms with Crippen molar-refractivity contribution in [2.75, 3.05) is 13.2 Å². The van der Waals surface area contributed by atoms with E-state index in [0.717, 1.165) is 19.4 Å². The quantitative estimate of drug-likeness (QED) is 0.775. The Morgan fingerprint density at radius 2 is 2.12 bits per heavy atom. The second kappa shape index (κ2) is 7.67. The largest absolute Gasteiger partial charge is 0.492 e. The molecule has 1 aromatic carbocycles. The first-order chi connectivity index (χ1) is 8.09. The molecule has 96 valence electrons. The van der Waals surface area contributed by atoms with Crippen LogP contribution in [-0.4, -0.2) is 19.2 Å². The first-order valence-corrected chi connectivity index (χ1v) is 6.70. The predicted molar refractivity (Wildman–Crippen MR) is 72.0 cm³/mol. The molecule has 1 rings (SSSR count). The number of nitrogens with one attached hydrogen (secondary N) is 1. The van der Waals surface area contributed by atoms with E-state index in [1.807, 2.05) is 0 Å². The van der Waals surface area contributed by atoms with Crippen LogP contribution in [0.4, 0.5) is 4.39 Å². The molecule has 0 radical (unpaired) electrons. The Labute approximate surface area is 111 Å². The highest BCUT2D eigenvalue weighted by Gasteiger charge is 2.02. The minimum absolute atomic E-state index is 0.259.